The van der Waals surface area contributed by atoms with Crippen molar-refractivity contribution in [3.05, 3.63) is 34.3 Å². The third-order valence-electron chi connectivity index (χ3n) is 3.43. The van der Waals surface area contributed by atoms with Crippen molar-refractivity contribution in [2.24, 2.45) is 5.92 Å². The van der Waals surface area contributed by atoms with Crippen LogP contribution in [0.4, 0.5) is 0 Å². The Kier molecular flexibility index (Phi) is 3.81. The molecule has 1 fully saturated rings. The molecule has 0 aromatic heterocycles. The molecule has 82 valence electrons. The molecule has 1 aromatic rings. The van der Waals surface area contributed by atoms with E-state index >= 15 is 0 Å². The monoisotopic (exact) mass is 267 g/mol. The molecule has 2 rings (SSSR count). The van der Waals surface area contributed by atoms with Crippen LogP contribution in [0.2, 0.25) is 0 Å². The van der Waals surface area contributed by atoms with Gasteiger partial charge in [0.2, 0.25) is 0 Å². The second kappa shape index (κ2) is 5.13. The van der Waals surface area contributed by atoms with E-state index in [1.54, 1.807) is 0 Å². The summed E-state index contributed by atoms with van der Waals surface area (Å²) in [5, 5.41) is 3.49. The van der Waals surface area contributed by atoms with Crippen LogP contribution in [-0.4, -0.2) is 13.1 Å². The molecule has 1 aliphatic rings. The first-order chi connectivity index (χ1) is 7.31. The van der Waals surface area contributed by atoms with E-state index in [9.17, 15) is 0 Å². The molecule has 0 aliphatic carbocycles. The Morgan fingerprint density at radius 1 is 1.33 bits per heavy atom. The van der Waals surface area contributed by atoms with Gasteiger partial charge in [0.25, 0.3) is 0 Å². The van der Waals surface area contributed by atoms with Gasteiger partial charge in [0, 0.05) is 4.47 Å². The number of piperidine rings is 1. The molecule has 1 N–H and O–H groups in total. The Bertz CT molecular complexity index is 307. The van der Waals surface area contributed by atoms with Crippen LogP contribution in [0.5, 0.6) is 0 Å². The van der Waals surface area contributed by atoms with Crippen LogP contribution in [-0.2, 0) is 0 Å². The van der Waals surface area contributed by atoms with E-state index in [1.165, 1.54) is 29.4 Å². The van der Waals surface area contributed by atoms with Crippen LogP contribution in [0.15, 0.2) is 28.7 Å². The lowest BCUT2D eigenvalue weighted by Crippen LogP contribution is -2.35. The van der Waals surface area contributed by atoms with E-state index in [1.807, 2.05) is 0 Å². The van der Waals surface area contributed by atoms with Crippen LogP contribution in [0.3, 0.4) is 0 Å². The van der Waals surface area contributed by atoms with Crippen molar-refractivity contribution in [3.8, 4) is 0 Å². The Balaban J connectivity index is 2.16. The number of hydrogen-bond donors (Lipinski definition) is 1. The fourth-order valence-corrected chi connectivity index (χ4v) is 2.76. The minimum Gasteiger partial charge on any atom is -0.316 e. The topological polar surface area (TPSA) is 12.0 Å². The van der Waals surface area contributed by atoms with Crippen LogP contribution in [0.1, 0.15) is 31.2 Å². The van der Waals surface area contributed by atoms with E-state index in [0.717, 1.165) is 18.4 Å². The van der Waals surface area contributed by atoms with E-state index in [-0.39, 0.29) is 0 Å². The predicted molar refractivity (Wildman–Crippen MR) is 68.2 cm³/mol. The highest BCUT2D eigenvalue weighted by atomic mass is 79.9. The summed E-state index contributed by atoms with van der Waals surface area (Å²) in [5.74, 6) is 1.56. The van der Waals surface area contributed by atoms with E-state index in [4.69, 9.17) is 0 Å². The normalized spacial score (nSPS) is 26.5. The summed E-state index contributed by atoms with van der Waals surface area (Å²) >= 11 is 3.49. The summed E-state index contributed by atoms with van der Waals surface area (Å²) < 4.78 is 1.17. The Labute approximate surface area is 100 Å². The van der Waals surface area contributed by atoms with Gasteiger partial charge in [0.1, 0.15) is 0 Å². The van der Waals surface area contributed by atoms with E-state index < -0.39 is 0 Å². The first-order valence-corrected chi connectivity index (χ1v) is 6.56. The lowest BCUT2D eigenvalue weighted by atomic mass is 9.80. The number of nitrogens with one attached hydrogen (secondary N) is 1. The number of hydrogen-bond acceptors (Lipinski definition) is 1. The first kappa shape index (κ1) is 11.2. The summed E-state index contributed by atoms with van der Waals surface area (Å²) in [6.45, 7) is 4.64. The Morgan fingerprint density at radius 2 is 2.07 bits per heavy atom. The Hall–Kier alpha value is -0.340. The zero-order chi connectivity index (χ0) is 10.7. The van der Waals surface area contributed by atoms with Gasteiger partial charge in [-0.2, -0.15) is 0 Å². The lowest BCUT2D eigenvalue weighted by molar-refractivity contribution is 0.318. The molecule has 1 aromatic carbocycles. The highest BCUT2D eigenvalue weighted by Crippen LogP contribution is 2.32. The largest absolute Gasteiger partial charge is 0.316 e. The maximum Gasteiger partial charge on any atom is 0.0175 e. The van der Waals surface area contributed by atoms with Gasteiger partial charge in [-0.3, -0.25) is 0 Å². The van der Waals surface area contributed by atoms with Crippen LogP contribution in [0.25, 0.3) is 0 Å². The van der Waals surface area contributed by atoms with Crippen molar-refractivity contribution in [2.45, 2.75) is 25.7 Å². The second-order valence-electron chi connectivity index (χ2n) is 4.32. The zero-order valence-electron chi connectivity index (χ0n) is 9.17. The van der Waals surface area contributed by atoms with Crippen molar-refractivity contribution >= 4 is 15.9 Å². The molecule has 0 amide bonds. The van der Waals surface area contributed by atoms with Gasteiger partial charge in [-0.25, -0.2) is 0 Å². The number of halogens is 1. The second-order valence-corrected chi connectivity index (χ2v) is 5.23. The van der Waals surface area contributed by atoms with Crippen molar-refractivity contribution in [1.29, 1.82) is 0 Å². The fraction of sp³-hybridized carbons (Fsp3) is 0.538. The summed E-state index contributed by atoms with van der Waals surface area (Å²) in [6, 6.07) is 8.85. The third kappa shape index (κ3) is 2.61. The molecule has 1 saturated heterocycles. The van der Waals surface area contributed by atoms with Gasteiger partial charge in [-0.15, -0.1) is 0 Å². The average Bonchev–Trinajstić information content (AvgIpc) is 2.30. The lowest BCUT2D eigenvalue weighted by Gasteiger charge is -2.31. The smallest absolute Gasteiger partial charge is 0.0175 e. The SMILES string of the molecule is CCC1CNCCC1c1ccc(Br)cc1. The molecule has 0 saturated carbocycles. The highest BCUT2D eigenvalue weighted by molar-refractivity contribution is 9.10. The molecule has 2 unspecified atom stereocenters. The minimum absolute atomic E-state index is 0.754. The molecule has 1 aliphatic heterocycles. The van der Waals surface area contributed by atoms with Crippen LogP contribution in [0, 0.1) is 5.92 Å². The molecular formula is C13H18BrN. The molecule has 0 bridgehead atoms. The maximum atomic E-state index is 3.49. The van der Waals surface area contributed by atoms with Crippen molar-refractivity contribution in [2.75, 3.05) is 13.1 Å². The van der Waals surface area contributed by atoms with E-state index in [0.29, 0.717) is 0 Å². The van der Waals surface area contributed by atoms with Crippen molar-refractivity contribution < 1.29 is 0 Å². The molecule has 15 heavy (non-hydrogen) atoms. The van der Waals surface area contributed by atoms with Crippen molar-refractivity contribution in [1.82, 2.24) is 5.32 Å². The number of benzene rings is 1. The molecule has 0 spiro atoms. The molecule has 0 radical (unpaired) electrons. The quantitative estimate of drug-likeness (QED) is 0.864. The van der Waals surface area contributed by atoms with Gasteiger partial charge < -0.3 is 5.32 Å². The van der Waals surface area contributed by atoms with Crippen LogP contribution >= 0.6 is 15.9 Å². The van der Waals surface area contributed by atoms with Gasteiger partial charge in [-0.05, 0) is 49.0 Å². The summed E-state index contributed by atoms with van der Waals surface area (Å²) in [4.78, 5) is 0. The third-order valence-corrected chi connectivity index (χ3v) is 3.96. The van der Waals surface area contributed by atoms with E-state index in [2.05, 4.69) is 52.4 Å². The number of rotatable bonds is 2. The molecule has 1 heterocycles. The van der Waals surface area contributed by atoms with Crippen molar-refractivity contribution in [3.63, 3.8) is 0 Å². The van der Waals surface area contributed by atoms with Gasteiger partial charge >= 0.3 is 0 Å². The standard InChI is InChI=1S/C13H18BrN/c1-2-10-9-15-8-7-13(10)11-3-5-12(14)6-4-11/h3-6,10,13,15H,2,7-9H2,1H3. The van der Waals surface area contributed by atoms with Gasteiger partial charge in [0.05, 0.1) is 0 Å². The fourth-order valence-electron chi connectivity index (χ4n) is 2.50. The van der Waals surface area contributed by atoms with Crippen LogP contribution < -0.4 is 5.32 Å². The molecule has 2 heteroatoms. The highest BCUT2D eigenvalue weighted by Gasteiger charge is 2.24. The average molecular weight is 268 g/mol. The summed E-state index contributed by atoms with van der Waals surface area (Å²) in [6.07, 6.45) is 2.55. The first-order valence-electron chi connectivity index (χ1n) is 5.77. The Morgan fingerprint density at radius 3 is 2.73 bits per heavy atom. The maximum absolute atomic E-state index is 3.49. The molecule has 1 nitrogen and oxygen atoms in total. The van der Waals surface area contributed by atoms with Gasteiger partial charge in [-0.1, -0.05) is 41.4 Å². The predicted octanol–water partition coefficient (Wildman–Crippen LogP) is 3.55. The van der Waals surface area contributed by atoms with Gasteiger partial charge in [0.15, 0.2) is 0 Å². The summed E-state index contributed by atoms with van der Waals surface area (Å²) in [5.41, 5.74) is 1.51. The summed E-state index contributed by atoms with van der Waals surface area (Å²) in [7, 11) is 0. The minimum atomic E-state index is 0.754. The zero-order valence-corrected chi connectivity index (χ0v) is 10.8. The molecular weight excluding hydrogens is 250 g/mol. The molecule has 2 atom stereocenters.